The van der Waals surface area contributed by atoms with Crippen LogP contribution >= 0.6 is 11.8 Å². The monoisotopic (exact) mass is 476 g/mol. The fraction of sp³-hybridized carbons (Fsp3) is 0. The number of rotatable bonds is 5. The van der Waals surface area contributed by atoms with Crippen LogP contribution in [0.3, 0.4) is 0 Å². The molecular formula is C29H20N2O3S. The van der Waals surface area contributed by atoms with Gasteiger partial charge < -0.3 is 11.5 Å². The van der Waals surface area contributed by atoms with Crippen molar-refractivity contribution in [1.82, 2.24) is 0 Å². The zero-order chi connectivity index (χ0) is 24.5. The van der Waals surface area contributed by atoms with Gasteiger partial charge in [-0.05, 0) is 42.0 Å². The molecule has 0 atom stereocenters. The van der Waals surface area contributed by atoms with Crippen LogP contribution < -0.4 is 11.5 Å². The molecule has 0 amide bonds. The van der Waals surface area contributed by atoms with E-state index in [4.69, 9.17) is 11.5 Å². The zero-order valence-corrected chi connectivity index (χ0v) is 19.3. The van der Waals surface area contributed by atoms with E-state index in [1.54, 1.807) is 54.6 Å². The van der Waals surface area contributed by atoms with Crippen molar-refractivity contribution >= 4 is 46.6 Å². The van der Waals surface area contributed by atoms with E-state index in [9.17, 15) is 14.4 Å². The Morgan fingerprint density at radius 1 is 0.743 bits per heavy atom. The number of fused-ring (bicyclic) bond motifs is 2. The lowest BCUT2D eigenvalue weighted by Gasteiger charge is -2.22. The number of allylic oxidation sites excluding steroid dienone is 1. The van der Waals surface area contributed by atoms with Crippen molar-refractivity contribution in [3.05, 3.63) is 124 Å². The number of carbonyl (C=O) groups is 3. The average Bonchev–Trinajstić information content (AvgIpc) is 2.89. The Morgan fingerprint density at radius 3 is 2.00 bits per heavy atom. The van der Waals surface area contributed by atoms with Gasteiger partial charge in [0.05, 0.1) is 16.8 Å². The first-order chi connectivity index (χ1) is 16.9. The van der Waals surface area contributed by atoms with Crippen LogP contribution in [0.4, 0.5) is 11.4 Å². The molecule has 4 aromatic carbocycles. The predicted molar refractivity (Wildman–Crippen MR) is 139 cm³/mol. The van der Waals surface area contributed by atoms with Crippen LogP contribution in [-0.4, -0.2) is 17.3 Å². The maximum atomic E-state index is 13.2. The lowest BCUT2D eigenvalue weighted by atomic mass is 9.82. The predicted octanol–water partition coefficient (Wildman–Crippen LogP) is 5.67. The van der Waals surface area contributed by atoms with Crippen molar-refractivity contribution in [2.24, 2.45) is 0 Å². The van der Waals surface area contributed by atoms with Crippen LogP contribution in [0.15, 0.2) is 101 Å². The van der Waals surface area contributed by atoms with Crippen molar-refractivity contribution in [3.63, 3.8) is 0 Å². The molecule has 6 heteroatoms. The van der Waals surface area contributed by atoms with E-state index in [-0.39, 0.29) is 39.9 Å². The van der Waals surface area contributed by atoms with Gasteiger partial charge in [-0.2, -0.15) is 0 Å². The number of nitrogens with two attached hydrogens (primary N) is 2. The normalized spacial score (nSPS) is 12.5. The Hall–Kier alpha value is -4.42. The summed E-state index contributed by atoms with van der Waals surface area (Å²) >= 11 is 1.32. The number of ketones is 3. The number of hydrogen-bond donors (Lipinski definition) is 2. The van der Waals surface area contributed by atoms with Crippen LogP contribution in [0.1, 0.15) is 47.8 Å². The van der Waals surface area contributed by atoms with E-state index in [1.807, 2.05) is 42.5 Å². The molecule has 35 heavy (non-hydrogen) atoms. The minimum atomic E-state index is -0.312. The summed E-state index contributed by atoms with van der Waals surface area (Å²) in [4.78, 5) is 40.1. The summed E-state index contributed by atoms with van der Waals surface area (Å²) in [5, 5.41) is 0. The lowest BCUT2D eigenvalue weighted by Crippen LogP contribution is -2.24. The van der Waals surface area contributed by atoms with Crippen LogP contribution in [-0.2, 0) is 0 Å². The quantitative estimate of drug-likeness (QED) is 0.192. The second-order valence-corrected chi connectivity index (χ2v) is 9.18. The Morgan fingerprint density at radius 2 is 1.34 bits per heavy atom. The summed E-state index contributed by atoms with van der Waals surface area (Å²) < 4.78 is 0. The van der Waals surface area contributed by atoms with Gasteiger partial charge in [0.1, 0.15) is 0 Å². The summed E-state index contributed by atoms with van der Waals surface area (Å²) in [6, 6.07) is 25.0. The van der Waals surface area contributed by atoms with Crippen LogP contribution in [0.5, 0.6) is 0 Å². The number of carbonyl (C=O) groups excluding carboxylic acids is 3. The summed E-state index contributed by atoms with van der Waals surface area (Å²) in [6.07, 6.45) is 3.32. The molecule has 0 radical (unpaired) electrons. The van der Waals surface area contributed by atoms with E-state index >= 15 is 0 Å². The summed E-state index contributed by atoms with van der Waals surface area (Å²) in [6.45, 7) is 0. The molecule has 0 aromatic heterocycles. The fourth-order valence-corrected chi connectivity index (χ4v) is 4.98. The highest BCUT2D eigenvalue weighted by Gasteiger charge is 2.34. The molecule has 4 N–H and O–H groups in total. The highest BCUT2D eigenvalue weighted by Crippen LogP contribution is 2.41. The molecule has 0 fully saturated rings. The highest BCUT2D eigenvalue weighted by molar-refractivity contribution is 7.99. The van der Waals surface area contributed by atoms with Gasteiger partial charge in [0, 0.05) is 32.2 Å². The Kier molecular flexibility index (Phi) is 5.81. The second kappa shape index (κ2) is 9.08. The van der Waals surface area contributed by atoms with E-state index in [0.717, 1.165) is 10.5 Å². The maximum absolute atomic E-state index is 13.2. The third-order valence-electron chi connectivity index (χ3n) is 5.82. The SMILES string of the molecule is Nc1cc(Sc2ccc(C(=O)/C=C/c3ccccc3)cc2)c(N)c2c1C(=O)c1ccccc1C2=O. The number of hydrogen-bond acceptors (Lipinski definition) is 6. The van der Waals surface area contributed by atoms with Crippen molar-refractivity contribution in [2.75, 3.05) is 11.5 Å². The molecule has 0 unspecified atom stereocenters. The molecule has 0 saturated heterocycles. The molecule has 5 rings (SSSR count). The topological polar surface area (TPSA) is 103 Å². The standard InChI is InChI=1S/C29H20N2O3S/c30-22-16-24(27(31)26-25(22)28(33)20-8-4-5-9-21(20)29(26)34)35-19-13-11-18(12-14-19)23(32)15-10-17-6-2-1-3-7-17/h1-16H,30-31H2/b15-10+. The van der Waals surface area contributed by atoms with Gasteiger partial charge >= 0.3 is 0 Å². The Bertz CT molecular complexity index is 1520. The second-order valence-electron chi connectivity index (χ2n) is 8.07. The van der Waals surface area contributed by atoms with Crippen molar-refractivity contribution in [3.8, 4) is 0 Å². The number of benzene rings is 4. The Labute approximate surface area is 206 Å². The van der Waals surface area contributed by atoms with Gasteiger partial charge in [0.25, 0.3) is 0 Å². The van der Waals surface area contributed by atoms with Gasteiger partial charge in [-0.15, -0.1) is 0 Å². The first kappa shape index (κ1) is 22.4. The molecule has 1 aliphatic carbocycles. The van der Waals surface area contributed by atoms with Crippen molar-refractivity contribution in [2.45, 2.75) is 9.79 Å². The minimum absolute atomic E-state index is 0.106. The van der Waals surface area contributed by atoms with Crippen LogP contribution in [0.2, 0.25) is 0 Å². The third-order valence-corrected chi connectivity index (χ3v) is 6.89. The maximum Gasteiger partial charge on any atom is 0.196 e. The average molecular weight is 477 g/mol. The lowest BCUT2D eigenvalue weighted by molar-refractivity contribution is 0.0980. The fourth-order valence-electron chi connectivity index (χ4n) is 4.05. The minimum Gasteiger partial charge on any atom is -0.398 e. The van der Waals surface area contributed by atoms with E-state index in [2.05, 4.69) is 0 Å². The molecule has 0 saturated carbocycles. The number of nitrogen functional groups attached to an aromatic ring is 2. The molecule has 4 aromatic rings. The van der Waals surface area contributed by atoms with Crippen LogP contribution in [0.25, 0.3) is 6.08 Å². The highest BCUT2D eigenvalue weighted by atomic mass is 32.2. The zero-order valence-electron chi connectivity index (χ0n) is 18.5. The largest absolute Gasteiger partial charge is 0.398 e. The summed E-state index contributed by atoms with van der Waals surface area (Å²) in [5.74, 6) is -0.721. The van der Waals surface area contributed by atoms with E-state index in [1.165, 1.54) is 11.8 Å². The first-order valence-corrected chi connectivity index (χ1v) is 11.7. The molecule has 5 nitrogen and oxygen atoms in total. The molecule has 170 valence electrons. The van der Waals surface area contributed by atoms with E-state index in [0.29, 0.717) is 21.6 Å². The molecule has 0 spiro atoms. The smallest absolute Gasteiger partial charge is 0.196 e. The van der Waals surface area contributed by atoms with Crippen LogP contribution in [0, 0.1) is 0 Å². The number of anilines is 2. The van der Waals surface area contributed by atoms with Gasteiger partial charge in [0.15, 0.2) is 17.3 Å². The van der Waals surface area contributed by atoms with Crippen molar-refractivity contribution in [1.29, 1.82) is 0 Å². The molecular weight excluding hydrogens is 456 g/mol. The van der Waals surface area contributed by atoms with Gasteiger partial charge in [-0.25, -0.2) is 0 Å². The Balaban J connectivity index is 1.41. The molecule has 0 aliphatic heterocycles. The first-order valence-electron chi connectivity index (χ1n) is 10.9. The van der Waals surface area contributed by atoms with Gasteiger partial charge in [0.2, 0.25) is 0 Å². The van der Waals surface area contributed by atoms with Gasteiger partial charge in [-0.3, -0.25) is 14.4 Å². The summed E-state index contributed by atoms with van der Waals surface area (Å²) in [7, 11) is 0. The summed E-state index contributed by atoms with van der Waals surface area (Å²) in [5.41, 5.74) is 15.5. The molecule has 0 bridgehead atoms. The molecule has 0 heterocycles. The van der Waals surface area contributed by atoms with E-state index < -0.39 is 0 Å². The van der Waals surface area contributed by atoms with Crippen molar-refractivity contribution < 1.29 is 14.4 Å². The molecule has 1 aliphatic rings. The van der Waals surface area contributed by atoms with Gasteiger partial charge in [-0.1, -0.05) is 72.4 Å². The third kappa shape index (κ3) is 4.16.